The molecule has 2 rings (SSSR count). The van der Waals surface area contributed by atoms with Gasteiger partial charge < -0.3 is 15.2 Å². The Morgan fingerprint density at radius 1 is 1.56 bits per heavy atom. The molecule has 1 atom stereocenters. The minimum atomic E-state index is 0.0201. The first kappa shape index (κ1) is 11.4. The van der Waals surface area contributed by atoms with Crippen LogP contribution in [0.4, 0.5) is 0 Å². The molecule has 1 heterocycles. The molecule has 0 bridgehead atoms. The van der Waals surface area contributed by atoms with Gasteiger partial charge in [-0.1, -0.05) is 15.9 Å². The molecule has 4 nitrogen and oxygen atoms in total. The predicted octanol–water partition coefficient (Wildman–Crippen LogP) is 1.88. The quantitative estimate of drug-likeness (QED) is 0.862. The monoisotopic (exact) mass is 285 g/mol. The van der Waals surface area contributed by atoms with Gasteiger partial charge in [0.25, 0.3) is 0 Å². The maximum Gasteiger partial charge on any atom is 0.231 e. The summed E-state index contributed by atoms with van der Waals surface area (Å²) in [7, 11) is 0. The molecule has 1 aromatic rings. The number of fused-ring (bicyclic) bond motifs is 1. The molecule has 86 valence electrons. The Morgan fingerprint density at radius 3 is 2.88 bits per heavy atom. The predicted molar refractivity (Wildman–Crippen MR) is 63.0 cm³/mol. The van der Waals surface area contributed by atoms with Crippen LogP contribution in [0, 0.1) is 0 Å². The van der Waals surface area contributed by atoms with E-state index in [2.05, 4.69) is 15.9 Å². The molecule has 0 radical (unpaired) electrons. The Hall–Kier alpha value is -1.07. The van der Waals surface area contributed by atoms with Gasteiger partial charge >= 0.3 is 0 Å². The molecule has 1 aromatic carbocycles. The zero-order chi connectivity index (χ0) is 11.7. The second kappa shape index (κ2) is 4.43. The van der Waals surface area contributed by atoms with Crippen molar-refractivity contribution in [3.8, 4) is 11.5 Å². The second-order valence-corrected chi connectivity index (χ2v) is 4.64. The number of hydrogen-bond donors (Lipinski definition) is 1. The van der Waals surface area contributed by atoms with Gasteiger partial charge in [-0.2, -0.15) is 0 Å². The first-order chi connectivity index (χ1) is 7.63. The van der Waals surface area contributed by atoms with Crippen molar-refractivity contribution in [3.05, 3.63) is 21.7 Å². The van der Waals surface area contributed by atoms with Crippen LogP contribution < -0.4 is 15.2 Å². The molecule has 0 saturated heterocycles. The number of halogens is 1. The lowest BCUT2D eigenvalue weighted by Gasteiger charge is -2.11. The molecule has 1 unspecified atom stereocenters. The van der Waals surface area contributed by atoms with Crippen molar-refractivity contribution in [3.63, 3.8) is 0 Å². The number of carbonyl (C=O) groups is 1. The lowest BCUT2D eigenvalue weighted by atomic mass is 10.0. The van der Waals surface area contributed by atoms with Crippen molar-refractivity contribution in [2.45, 2.75) is 19.4 Å². The molecule has 0 aromatic heterocycles. The molecule has 2 N–H and O–H groups in total. The van der Waals surface area contributed by atoms with E-state index in [1.54, 1.807) is 6.07 Å². The van der Waals surface area contributed by atoms with Gasteiger partial charge in [-0.3, -0.25) is 4.79 Å². The van der Waals surface area contributed by atoms with Crippen molar-refractivity contribution < 1.29 is 14.3 Å². The third-order valence-electron chi connectivity index (χ3n) is 2.37. The normalized spacial score (nSPS) is 14.9. The number of rotatable bonds is 3. The molecular weight excluding hydrogens is 274 g/mol. The highest BCUT2D eigenvalue weighted by atomic mass is 79.9. The first-order valence-corrected chi connectivity index (χ1v) is 5.74. The third-order valence-corrected chi connectivity index (χ3v) is 3.08. The van der Waals surface area contributed by atoms with Crippen LogP contribution in [0.5, 0.6) is 11.5 Å². The van der Waals surface area contributed by atoms with Gasteiger partial charge in [0.2, 0.25) is 6.79 Å². The van der Waals surface area contributed by atoms with Crippen molar-refractivity contribution in [1.82, 2.24) is 0 Å². The van der Waals surface area contributed by atoms with E-state index in [1.165, 1.54) is 0 Å². The summed E-state index contributed by atoms with van der Waals surface area (Å²) in [6.07, 6.45) is 1.43. The number of hydrogen-bond acceptors (Lipinski definition) is 4. The fraction of sp³-hybridized carbons (Fsp3) is 0.364. The van der Waals surface area contributed by atoms with Gasteiger partial charge in [-0.25, -0.2) is 0 Å². The number of carbonyl (C=O) groups excluding carboxylic acids is 1. The molecular formula is C11H12BrNO3. The molecule has 0 spiro atoms. The summed E-state index contributed by atoms with van der Waals surface area (Å²) in [6.45, 7) is 2.07. The molecule has 16 heavy (non-hydrogen) atoms. The van der Waals surface area contributed by atoms with Crippen LogP contribution in [-0.4, -0.2) is 19.1 Å². The Bertz CT molecular complexity index is 432. The van der Waals surface area contributed by atoms with Crippen molar-refractivity contribution in [2.75, 3.05) is 6.79 Å². The van der Waals surface area contributed by atoms with E-state index < -0.39 is 0 Å². The average molecular weight is 286 g/mol. The standard InChI is InChI=1S/C11H12BrNO3/c1-6(13)2-8-9(12)3-7(4-14)10-11(8)16-5-15-10/h3-4,6H,2,5,13H2,1H3. The highest BCUT2D eigenvalue weighted by molar-refractivity contribution is 9.10. The SMILES string of the molecule is CC(N)Cc1c(Br)cc(C=O)c2c1OCO2. The van der Waals surface area contributed by atoms with Crippen LogP contribution >= 0.6 is 15.9 Å². The molecule has 0 saturated carbocycles. The van der Waals surface area contributed by atoms with E-state index in [0.29, 0.717) is 23.5 Å². The van der Waals surface area contributed by atoms with E-state index in [1.807, 2.05) is 6.92 Å². The summed E-state index contributed by atoms with van der Waals surface area (Å²) < 4.78 is 11.5. The number of ether oxygens (including phenoxy) is 2. The van der Waals surface area contributed by atoms with Crippen molar-refractivity contribution >= 4 is 22.2 Å². The van der Waals surface area contributed by atoms with Gasteiger partial charge in [-0.15, -0.1) is 0 Å². The Kier molecular flexibility index (Phi) is 3.16. The number of benzene rings is 1. The van der Waals surface area contributed by atoms with Gasteiger partial charge in [0.1, 0.15) is 0 Å². The second-order valence-electron chi connectivity index (χ2n) is 3.79. The molecule has 0 fully saturated rings. The van der Waals surface area contributed by atoms with Crippen molar-refractivity contribution in [1.29, 1.82) is 0 Å². The van der Waals surface area contributed by atoms with E-state index in [4.69, 9.17) is 15.2 Å². The minimum absolute atomic E-state index is 0.0201. The van der Waals surface area contributed by atoms with Gasteiger partial charge in [0.05, 0.1) is 5.56 Å². The molecule has 5 heteroatoms. The van der Waals surface area contributed by atoms with E-state index in [9.17, 15) is 4.79 Å². The highest BCUT2D eigenvalue weighted by Crippen LogP contribution is 2.42. The summed E-state index contributed by atoms with van der Waals surface area (Å²) in [5, 5.41) is 0. The van der Waals surface area contributed by atoms with E-state index in [0.717, 1.165) is 16.3 Å². The van der Waals surface area contributed by atoms with Crippen molar-refractivity contribution in [2.24, 2.45) is 5.73 Å². The fourth-order valence-corrected chi connectivity index (χ4v) is 2.30. The van der Waals surface area contributed by atoms with Gasteiger partial charge in [0, 0.05) is 16.1 Å². The van der Waals surface area contributed by atoms with E-state index >= 15 is 0 Å². The fourth-order valence-electron chi connectivity index (χ4n) is 1.71. The highest BCUT2D eigenvalue weighted by Gasteiger charge is 2.24. The zero-order valence-corrected chi connectivity index (χ0v) is 10.4. The van der Waals surface area contributed by atoms with Crippen LogP contribution in [0.1, 0.15) is 22.8 Å². The third kappa shape index (κ3) is 1.92. The minimum Gasteiger partial charge on any atom is -0.453 e. The lowest BCUT2D eigenvalue weighted by molar-refractivity contribution is 0.111. The van der Waals surface area contributed by atoms with Crippen LogP contribution in [0.3, 0.4) is 0 Å². The lowest BCUT2D eigenvalue weighted by Crippen LogP contribution is -2.18. The zero-order valence-electron chi connectivity index (χ0n) is 8.83. The topological polar surface area (TPSA) is 61.6 Å². The average Bonchev–Trinajstić information content (AvgIpc) is 2.70. The summed E-state index contributed by atoms with van der Waals surface area (Å²) in [5.74, 6) is 1.16. The summed E-state index contributed by atoms with van der Waals surface area (Å²) >= 11 is 3.42. The molecule has 0 amide bonds. The smallest absolute Gasteiger partial charge is 0.231 e. The van der Waals surface area contributed by atoms with Crippen LogP contribution in [0.2, 0.25) is 0 Å². The van der Waals surface area contributed by atoms with Crippen LogP contribution in [-0.2, 0) is 6.42 Å². The molecule has 0 aliphatic carbocycles. The molecule has 1 aliphatic heterocycles. The molecule has 1 aliphatic rings. The van der Waals surface area contributed by atoms with Gasteiger partial charge in [0.15, 0.2) is 17.8 Å². The van der Waals surface area contributed by atoms with Gasteiger partial charge in [-0.05, 0) is 19.4 Å². The summed E-state index contributed by atoms with van der Waals surface area (Å²) in [5.41, 5.74) is 7.22. The number of nitrogens with two attached hydrogens (primary N) is 1. The number of aldehydes is 1. The largest absolute Gasteiger partial charge is 0.453 e. The maximum absolute atomic E-state index is 10.9. The Balaban J connectivity index is 2.53. The summed E-state index contributed by atoms with van der Waals surface area (Å²) in [6, 6.07) is 1.75. The summed E-state index contributed by atoms with van der Waals surface area (Å²) in [4.78, 5) is 10.9. The van der Waals surface area contributed by atoms with Crippen LogP contribution in [0.25, 0.3) is 0 Å². The Labute approximate surface area is 102 Å². The Morgan fingerprint density at radius 2 is 2.25 bits per heavy atom. The van der Waals surface area contributed by atoms with Crippen LogP contribution in [0.15, 0.2) is 10.5 Å². The van der Waals surface area contributed by atoms with E-state index in [-0.39, 0.29) is 12.8 Å². The first-order valence-electron chi connectivity index (χ1n) is 4.95. The maximum atomic E-state index is 10.9.